The lowest BCUT2D eigenvalue weighted by molar-refractivity contribution is -0.142. The van der Waals surface area contributed by atoms with Crippen molar-refractivity contribution in [2.24, 2.45) is 0 Å². The molecule has 1 fully saturated rings. The lowest BCUT2D eigenvalue weighted by atomic mass is 10.2. The molecule has 0 spiro atoms. The van der Waals surface area contributed by atoms with E-state index in [0.29, 0.717) is 18.1 Å². The third-order valence-corrected chi connectivity index (χ3v) is 3.34. The predicted molar refractivity (Wildman–Crippen MR) is 59.3 cm³/mol. The van der Waals surface area contributed by atoms with E-state index in [1.54, 1.807) is 9.58 Å². The number of likely N-dealkylation sites (tertiary alicyclic amines) is 1. The highest BCUT2D eigenvalue weighted by molar-refractivity contribution is 6.31. The van der Waals surface area contributed by atoms with Crippen molar-refractivity contribution in [1.82, 2.24) is 14.7 Å². The molecule has 1 aromatic rings. The van der Waals surface area contributed by atoms with Crippen LogP contribution in [0.5, 0.6) is 0 Å². The molecular weight excluding hydrogens is 230 g/mol. The van der Waals surface area contributed by atoms with Gasteiger partial charge in [0.15, 0.2) is 0 Å². The molecular formula is C10H14ClN3O2. The number of β-amino-alcohol motifs (C(OH)–C–C–N with tert-alkyl or cyclic N) is 1. The van der Waals surface area contributed by atoms with Crippen LogP contribution in [0.15, 0.2) is 0 Å². The monoisotopic (exact) mass is 243 g/mol. The first-order valence-electron chi connectivity index (χ1n) is 5.14. The minimum Gasteiger partial charge on any atom is -0.389 e. The summed E-state index contributed by atoms with van der Waals surface area (Å²) in [5.41, 5.74) is 1.53. The Morgan fingerprint density at radius 3 is 2.62 bits per heavy atom. The number of amides is 1. The highest BCUT2D eigenvalue weighted by Gasteiger charge is 2.29. The summed E-state index contributed by atoms with van der Waals surface area (Å²) in [7, 11) is 0. The standard InChI is InChI=1S/C10H14ClN3O2/c1-6-10(11)7(2)14(12-6)5-9(16)13-3-8(15)4-13/h8,15H,3-5H2,1-2H3. The van der Waals surface area contributed by atoms with Crippen LogP contribution in [-0.4, -0.2) is 44.9 Å². The van der Waals surface area contributed by atoms with Crippen molar-refractivity contribution in [1.29, 1.82) is 0 Å². The number of nitrogens with zero attached hydrogens (tertiary/aromatic N) is 3. The molecule has 0 radical (unpaired) electrons. The van der Waals surface area contributed by atoms with Gasteiger partial charge in [0, 0.05) is 13.1 Å². The minimum atomic E-state index is -0.368. The van der Waals surface area contributed by atoms with Gasteiger partial charge >= 0.3 is 0 Å². The molecule has 1 saturated heterocycles. The average molecular weight is 244 g/mol. The number of aromatic nitrogens is 2. The van der Waals surface area contributed by atoms with Gasteiger partial charge in [-0.05, 0) is 13.8 Å². The third-order valence-electron chi connectivity index (χ3n) is 2.79. The second kappa shape index (κ2) is 4.07. The van der Waals surface area contributed by atoms with Crippen LogP contribution < -0.4 is 0 Å². The lowest BCUT2D eigenvalue weighted by Gasteiger charge is -2.35. The molecule has 2 heterocycles. The van der Waals surface area contributed by atoms with E-state index in [1.165, 1.54) is 0 Å². The maximum atomic E-state index is 11.7. The molecule has 1 aromatic heterocycles. The summed E-state index contributed by atoms with van der Waals surface area (Å²) in [6, 6.07) is 0. The molecule has 0 aliphatic carbocycles. The fourth-order valence-electron chi connectivity index (χ4n) is 1.72. The molecule has 1 N–H and O–H groups in total. The molecule has 88 valence electrons. The van der Waals surface area contributed by atoms with Crippen LogP contribution in [0.25, 0.3) is 0 Å². The van der Waals surface area contributed by atoms with Gasteiger partial charge in [-0.2, -0.15) is 5.10 Å². The van der Waals surface area contributed by atoms with Crippen LogP contribution >= 0.6 is 11.6 Å². The van der Waals surface area contributed by atoms with Crippen LogP contribution in [0.1, 0.15) is 11.4 Å². The molecule has 0 aromatic carbocycles. The Bertz CT molecular complexity index is 424. The number of aryl methyl sites for hydroxylation is 1. The predicted octanol–water partition coefficient (Wildman–Crippen LogP) is 0.356. The van der Waals surface area contributed by atoms with Crippen molar-refractivity contribution in [2.75, 3.05) is 13.1 Å². The zero-order valence-electron chi connectivity index (χ0n) is 9.27. The zero-order chi connectivity index (χ0) is 11.9. The first-order chi connectivity index (χ1) is 7.49. The zero-order valence-corrected chi connectivity index (χ0v) is 10.0. The summed E-state index contributed by atoms with van der Waals surface area (Å²) in [5.74, 6) is -0.0347. The molecule has 2 rings (SSSR count). The minimum absolute atomic E-state index is 0.0347. The van der Waals surface area contributed by atoms with Gasteiger partial charge in [-0.1, -0.05) is 11.6 Å². The van der Waals surface area contributed by atoms with Gasteiger partial charge in [-0.25, -0.2) is 0 Å². The summed E-state index contributed by atoms with van der Waals surface area (Å²) >= 11 is 5.98. The quantitative estimate of drug-likeness (QED) is 0.816. The number of hydrogen-bond donors (Lipinski definition) is 1. The van der Waals surface area contributed by atoms with Gasteiger partial charge in [-0.15, -0.1) is 0 Å². The summed E-state index contributed by atoms with van der Waals surface area (Å²) in [6.07, 6.45) is -0.368. The maximum Gasteiger partial charge on any atom is 0.244 e. The number of rotatable bonds is 2. The molecule has 1 amide bonds. The summed E-state index contributed by atoms with van der Waals surface area (Å²) in [4.78, 5) is 13.3. The first kappa shape index (κ1) is 11.4. The summed E-state index contributed by atoms with van der Waals surface area (Å²) < 4.78 is 1.60. The van der Waals surface area contributed by atoms with Crippen LogP contribution in [0.2, 0.25) is 5.02 Å². The summed E-state index contributed by atoms with van der Waals surface area (Å²) in [5, 5.41) is 13.9. The van der Waals surface area contributed by atoms with E-state index in [-0.39, 0.29) is 18.6 Å². The smallest absolute Gasteiger partial charge is 0.244 e. The van der Waals surface area contributed by atoms with Crippen molar-refractivity contribution >= 4 is 17.5 Å². The van der Waals surface area contributed by atoms with Crippen LogP contribution in [0.3, 0.4) is 0 Å². The van der Waals surface area contributed by atoms with Crippen molar-refractivity contribution < 1.29 is 9.90 Å². The van der Waals surface area contributed by atoms with E-state index >= 15 is 0 Å². The van der Waals surface area contributed by atoms with E-state index in [2.05, 4.69) is 5.10 Å². The molecule has 0 atom stereocenters. The number of halogens is 1. The molecule has 0 saturated carbocycles. The van der Waals surface area contributed by atoms with Gasteiger partial charge < -0.3 is 10.0 Å². The lowest BCUT2D eigenvalue weighted by Crippen LogP contribution is -2.54. The van der Waals surface area contributed by atoms with Crippen LogP contribution in [0, 0.1) is 13.8 Å². The molecule has 1 aliphatic heterocycles. The Hall–Kier alpha value is -1.07. The highest BCUT2D eigenvalue weighted by atomic mass is 35.5. The Morgan fingerprint density at radius 2 is 2.19 bits per heavy atom. The van der Waals surface area contributed by atoms with Gasteiger partial charge in [0.25, 0.3) is 0 Å². The SMILES string of the molecule is Cc1nn(CC(=O)N2CC(O)C2)c(C)c1Cl. The molecule has 16 heavy (non-hydrogen) atoms. The molecule has 0 bridgehead atoms. The van der Waals surface area contributed by atoms with E-state index in [1.807, 2.05) is 13.8 Å². The Labute approximate surface area is 98.6 Å². The maximum absolute atomic E-state index is 11.7. The average Bonchev–Trinajstić information content (AvgIpc) is 2.41. The molecule has 5 nitrogen and oxygen atoms in total. The van der Waals surface area contributed by atoms with E-state index < -0.39 is 0 Å². The number of aliphatic hydroxyl groups excluding tert-OH is 1. The van der Waals surface area contributed by atoms with Gasteiger partial charge in [0.1, 0.15) is 6.54 Å². The van der Waals surface area contributed by atoms with Gasteiger partial charge in [0.2, 0.25) is 5.91 Å². The van der Waals surface area contributed by atoms with Gasteiger partial charge in [0.05, 0.1) is 22.5 Å². The van der Waals surface area contributed by atoms with Crippen molar-refractivity contribution in [3.63, 3.8) is 0 Å². The second-order valence-electron chi connectivity index (χ2n) is 4.09. The number of carbonyl (C=O) groups is 1. The molecule has 6 heteroatoms. The molecule has 1 aliphatic rings. The van der Waals surface area contributed by atoms with E-state index in [4.69, 9.17) is 16.7 Å². The first-order valence-corrected chi connectivity index (χ1v) is 5.52. The van der Waals surface area contributed by atoms with Crippen molar-refractivity contribution in [2.45, 2.75) is 26.5 Å². The Kier molecular flexibility index (Phi) is 2.90. The third kappa shape index (κ3) is 1.92. The topological polar surface area (TPSA) is 58.4 Å². The highest BCUT2D eigenvalue weighted by Crippen LogP contribution is 2.19. The largest absolute Gasteiger partial charge is 0.389 e. The molecule has 0 unspecified atom stereocenters. The van der Waals surface area contributed by atoms with E-state index in [9.17, 15) is 4.79 Å². The summed E-state index contributed by atoms with van der Waals surface area (Å²) in [6.45, 7) is 4.67. The normalized spacial score (nSPS) is 16.4. The van der Waals surface area contributed by atoms with Crippen LogP contribution in [0.4, 0.5) is 0 Å². The number of aliphatic hydroxyl groups is 1. The van der Waals surface area contributed by atoms with Crippen molar-refractivity contribution in [3.8, 4) is 0 Å². The number of carbonyl (C=O) groups excluding carboxylic acids is 1. The van der Waals surface area contributed by atoms with E-state index in [0.717, 1.165) is 11.4 Å². The fraction of sp³-hybridized carbons (Fsp3) is 0.600. The van der Waals surface area contributed by atoms with Gasteiger partial charge in [-0.3, -0.25) is 9.48 Å². The van der Waals surface area contributed by atoms with Crippen molar-refractivity contribution in [3.05, 3.63) is 16.4 Å². The number of hydrogen-bond acceptors (Lipinski definition) is 3. The fourth-order valence-corrected chi connectivity index (χ4v) is 1.85. The Morgan fingerprint density at radius 1 is 1.56 bits per heavy atom. The Balaban J connectivity index is 2.04. The van der Waals surface area contributed by atoms with Crippen LogP contribution in [-0.2, 0) is 11.3 Å². The second-order valence-corrected chi connectivity index (χ2v) is 4.47.